The number of nitrogens with zero attached hydrogens (tertiary/aromatic N) is 1. The standard InChI is InChI=1S/C22H21N3O2/c1-14-7-10-17(11-8-14)23-21(26)19-5-4-6-20(25-19)22(27)24-18-12-9-15(2)16(3)13-18/h4-13H,1-3H3,(H,23,26)(H,24,27). The lowest BCUT2D eigenvalue weighted by Crippen LogP contribution is -2.18. The second-order valence-corrected chi connectivity index (χ2v) is 6.48. The molecule has 1 aromatic heterocycles. The van der Waals surface area contributed by atoms with Crippen LogP contribution in [0.15, 0.2) is 60.7 Å². The van der Waals surface area contributed by atoms with E-state index >= 15 is 0 Å². The van der Waals surface area contributed by atoms with Gasteiger partial charge in [0, 0.05) is 11.4 Å². The van der Waals surface area contributed by atoms with Gasteiger partial charge in [0.2, 0.25) is 0 Å². The molecule has 2 N–H and O–H groups in total. The highest BCUT2D eigenvalue weighted by molar-refractivity contribution is 6.06. The summed E-state index contributed by atoms with van der Waals surface area (Å²) in [6.45, 7) is 5.97. The number of benzene rings is 2. The quantitative estimate of drug-likeness (QED) is 0.720. The van der Waals surface area contributed by atoms with Crippen molar-refractivity contribution < 1.29 is 9.59 Å². The number of pyridine rings is 1. The van der Waals surface area contributed by atoms with Crippen molar-refractivity contribution in [3.05, 3.63) is 88.7 Å². The van der Waals surface area contributed by atoms with E-state index in [1.54, 1.807) is 18.2 Å². The number of aromatic nitrogens is 1. The highest BCUT2D eigenvalue weighted by atomic mass is 16.2. The van der Waals surface area contributed by atoms with Gasteiger partial charge in [0.05, 0.1) is 0 Å². The lowest BCUT2D eigenvalue weighted by molar-refractivity contribution is 0.101. The molecule has 0 spiro atoms. The highest BCUT2D eigenvalue weighted by Crippen LogP contribution is 2.15. The van der Waals surface area contributed by atoms with Gasteiger partial charge in [-0.2, -0.15) is 0 Å². The van der Waals surface area contributed by atoms with Crippen LogP contribution >= 0.6 is 0 Å². The molecule has 0 atom stereocenters. The third-order valence-electron chi connectivity index (χ3n) is 4.29. The minimum absolute atomic E-state index is 0.184. The second-order valence-electron chi connectivity index (χ2n) is 6.48. The number of rotatable bonds is 4. The Kier molecular flexibility index (Phi) is 5.31. The summed E-state index contributed by atoms with van der Waals surface area (Å²) in [5, 5.41) is 5.60. The first-order valence-corrected chi connectivity index (χ1v) is 8.66. The number of aryl methyl sites for hydroxylation is 3. The number of nitrogens with one attached hydrogen (secondary N) is 2. The minimum atomic E-state index is -0.361. The van der Waals surface area contributed by atoms with Crippen LogP contribution < -0.4 is 10.6 Å². The molecule has 0 radical (unpaired) electrons. The molecule has 0 bridgehead atoms. The molecule has 5 nitrogen and oxygen atoms in total. The van der Waals surface area contributed by atoms with Crippen LogP contribution in [0, 0.1) is 20.8 Å². The Morgan fingerprint density at radius 2 is 1.26 bits per heavy atom. The van der Waals surface area contributed by atoms with Gasteiger partial charge < -0.3 is 10.6 Å². The molecule has 0 saturated carbocycles. The van der Waals surface area contributed by atoms with Crippen LogP contribution in [-0.2, 0) is 0 Å². The normalized spacial score (nSPS) is 10.3. The van der Waals surface area contributed by atoms with Gasteiger partial charge >= 0.3 is 0 Å². The van der Waals surface area contributed by atoms with Crippen LogP contribution in [0.3, 0.4) is 0 Å². The molecule has 27 heavy (non-hydrogen) atoms. The predicted molar refractivity (Wildman–Crippen MR) is 107 cm³/mol. The Bertz CT molecular complexity index is 995. The average Bonchev–Trinajstić information content (AvgIpc) is 2.66. The molecule has 0 fully saturated rings. The van der Waals surface area contributed by atoms with Crippen LogP contribution in [0.2, 0.25) is 0 Å². The SMILES string of the molecule is Cc1ccc(NC(=O)c2cccc(C(=O)Nc3ccc(C)c(C)c3)n2)cc1. The molecule has 3 aromatic rings. The van der Waals surface area contributed by atoms with Crippen molar-refractivity contribution >= 4 is 23.2 Å². The van der Waals surface area contributed by atoms with E-state index in [1.807, 2.05) is 63.2 Å². The van der Waals surface area contributed by atoms with Crippen molar-refractivity contribution in [2.24, 2.45) is 0 Å². The summed E-state index contributed by atoms with van der Waals surface area (Å²) in [4.78, 5) is 29.1. The first kappa shape index (κ1) is 18.3. The number of carbonyl (C=O) groups excluding carboxylic acids is 2. The minimum Gasteiger partial charge on any atom is -0.321 e. The molecule has 136 valence electrons. The maximum Gasteiger partial charge on any atom is 0.274 e. The molecule has 3 rings (SSSR count). The third-order valence-corrected chi connectivity index (χ3v) is 4.29. The van der Waals surface area contributed by atoms with Crippen molar-refractivity contribution in [1.82, 2.24) is 4.98 Å². The van der Waals surface area contributed by atoms with E-state index in [1.165, 1.54) is 0 Å². The number of anilines is 2. The first-order valence-electron chi connectivity index (χ1n) is 8.66. The molecular formula is C22H21N3O2. The largest absolute Gasteiger partial charge is 0.321 e. The number of hydrogen-bond donors (Lipinski definition) is 2. The van der Waals surface area contributed by atoms with Crippen LogP contribution in [0.1, 0.15) is 37.7 Å². The number of carbonyl (C=O) groups is 2. The molecule has 0 aliphatic rings. The van der Waals surface area contributed by atoms with Crippen LogP contribution in [0.25, 0.3) is 0 Å². The third kappa shape index (κ3) is 4.58. The Balaban J connectivity index is 1.73. The van der Waals surface area contributed by atoms with Gasteiger partial charge in [-0.05, 0) is 68.3 Å². The second kappa shape index (κ2) is 7.83. The van der Waals surface area contributed by atoms with E-state index in [2.05, 4.69) is 15.6 Å². The Hall–Kier alpha value is -3.47. The van der Waals surface area contributed by atoms with Crippen molar-refractivity contribution in [1.29, 1.82) is 0 Å². The van der Waals surface area contributed by atoms with E-state index in [9.17, 15) is 9.59 Å². The van der Waals surface area contributed by atoms with Crippen LogP contribution in [0.4, 0.5) is 11.4 Å². The van der Waals surface area contributed by atoms with E-state index in [-0.39, 0.29) is 23.2 Å². The molecule has 0 unspecified atom stereocenters. The fourth-order valence-electron chi connectivity index (χ4n) is 2.53. The highest BCUT2D eigenvalue weighted by Gasteiger charge is 2.13. The van der Waals surface area contributed by atoms with Crippen LogP contribution in [-0.4, -0.2) is 16.8 Å². The predicted octanol–water partition coefficient (Wildman–Crippen LogP) is 4.51. The van der Waals surface area contributed by atoms with Gasteiger partial charge in [0.15, 0.2) is 0 Å². The Morgan fingerprint density at radius 3 is 1.85 bits per heavy atom. The van der Waals surface area contributed by atoms with E-state index in [0.717, 1.165) is 16.7 Å². The van der Waals surface area contributed by atoms with Crippen molar-refractivity contribution in [2.45, 2.75) is 20.8 Å². The molecular weight excluding hydrogens is 338 g/mol. The zero-order valence-corrected chi connectivity index (χ0v) is 15.5. The zero-order chi connectivity index (χ0) is 19.4. The lowest BCUT2D eigenvalue weighted by Gasteiger charge is -2.09. The van der Waals surface area contributed by atoms with Gasteiger partial charge in [-0.3, -0.25) is 9.59 Å². The summed E-state index contributed by atoms with van der Waals surface area (Å²) in [5.74, 6) is -0.720. The van der Waals surface area contributed by atoms with Gasteiger partial charge in [-0.15, -0.1) is 0 Å². The smallest absolute Gasteiger partial charge is 0.274 e. The maximum atomic E-state index is 12.5. The van der Waals surface area contributed by atoms with Crippen molar-refractivity contribution in [2.75, 3.05) is 10.6 Å². The van der Waals surface area contributed by atoms with Gasteiger partial charge in [0.25, 0.3) is 11.8 Å². The molecule has 2 aromatic carbocycles. The van der Waals surface area contributed by atoms with E-state index in [4.69, 9.17) is 0 Å². The van der Waals surface area contributed by atoms with E-state index in [0.29, 0.717) is 11.4 Å². The number of hydrogen-bond acceptors (Lipinski definition) is 3. The van der Waals surface area contributed by atoms with Gasteiger partial charge in [-0.25, -0.2) is 4.98 Å². The van der Waals surface area contributed by atoms with Crippen molar-refractivity contribution in [3.8, 4) is 0 Å². The first-order chi connectivity index (χ1) is 12.9. The molecule has 0 aliphatic heterocycles. The maximum absolute atomic E-state index is 12.5. The molecule has 5 heteroatoms. The summed E-state index contributed by atoms with van der Waals surface area (Å²) < 4.78 is 0. The summed E-state index contributed by atoms with van der Waals surface area (Å²) in [7, 11) is 0. The summed E-state index contributed by atoms with van der Waals surface area (Å²) in [6.07, 6.45) is 0. The average molecular weight is 359 g/mol. The van der Waals surface area contributed by atoms with Crippen molar-refractivity contribution in [3.63, 3.8) is 0 Å². The molecule has 0 aliphatic carbocycles. The lowest BCUT2D eigenvalue weighted by atomic mass is 10.1. The monoisotopic (exact) mass is 359 g/mol. The fraction of sp³-hybridized carbons (Fsp3) is 0.136. The molecule has 0 saturated heterocycles. The van der Waals surface area contributed by atoms with Gasteiger partial charge in [-0.1, -0.05) is 29.8 Å². The number of amides is 2. The Labute approximate surface area is 158 Å². The van der Waals surface area contributed by atoms with Crippen LogP contribution in [0.5, 0.6) is 0 Å². The summed E-state index contributed by atoms with van der Waals surface area (Å²) in [5.41, 5.74) is 5.09. The Morgan fingerprint density at radius 1 is 0.704 bits per heavy atom. The van der Waals surface area contributed by atoms with Gasteiger partial charge in [0.1, 0.15) is 11.4 Å². The van der Waals surface area contributed by atoms with E-state index < -0.39 is 0 Å². The fourth-order valence-corrected chi connectivity index (χ4v) is 2.53. The topological polar surface area (TPSA) is 71.1 Å². The summed E-state index contributed by atoms with van der Waals surface area (Å²) in [6, 6.07) is 18.0. The summed E-state index contributed by atoms with van der Waals surface area (Å²) >= 11 is 0. The molecule has 2 amide bonds. The zero-order valence-electron chi connectivity index (χ0n) is 15.5. The molecule has 1 heterocycles.